The summed E-state index contributed by atoms with van der Waals surface area (Å²) in [7, 11) is 0. The van der Waals surface area contributed by atoms with Crippen molar-refractivity contribution in [3.8, 4) is 5.75 Å². The fourth-order valence-electron chi connectivity index (χ4n) is 5.34. The van der Waals surface area contributed by atoms with Gasteiger partial charge in [-0.3, -0.25) is 9.59 Å². The Bertz CT molecular complexity index is 1030. The highest BCUT2D eigenvalue weighted by Gasteiger charge is 2.39. The van der Waals surface area contributed by atoms with Crippen LogP contribution in [0.2, 0.25) is 0 Å². The van der Waals surface area contributed by atoms with E-state index in [1.165, 1.54) is 101 Å². The van der Waals surface area contributed by atoms with Gasteiger partial charge in [0.15, 0.2) is 5.78 Å². The Hall–Kier alpha value is -2.95. The van der Waals surface area contributed by atoms with Crippen LogP contribution in [0.15, 0.2) is 59.7 Å². The Balaban J connectivity index is 1.22. The number of rotatable bonds is 21. The zero-order chi connectivity index (χ0) is 28.4. The molecular weight excluding hydrogens is 496 g/mol. The van der Waals surface area contributed by atoms with E-state index in [1.54, 1.807) is 19.1 Å². The Morgan fingerprint density at radius 1 is 0.725 bits per heavy atom. The topological polar surface area (TPSA) is 59.0 Å². The van der Waals surface area contributed by atoms with E-state index >= 15 is 0 Å². The highest BCUT2D eigenvalue weighted by atomic mass is 16.5. The monoisotopic (exact) mass is 546 g/mol. The number of Topliss-reactive ketones (excluding diaryl/α,β-unsaturated/α-hetero) is 1. The molecule has 40 heavy (non-hydrogen) atoms. The lowest BCUT2D eigenvalue weighted by atomic mass is 9.93. The fourth-order valence-corrected chi connectivity index (χ4v) is 5.34. The van der Waals surface area contributed by atoms with Crippen LogP contribution in [0.3, 0.4) is 0 Å². The van der Waals surface area contributed by atoms with Crippen molar-refractivity contribution in [3.63, 3.8) is 0 Å². The maximum atomic E-state index is 13.1. The predicted molar refractivity (Wildman–Crippen MR) is 166 cm³/mol. The highest BCUT2D eigenvalue weighted by Crippen LogP contribution is 2.26. The van der Waals surface area contributed by atoms with Gasteiger partial charge in [0, 0.05) is 5.56 Å². The molecule has 2 aromatic rings. The van der Waals surface area contributed by atoms with E-state index in [2.05, 4.69) is 12.0 Å². The summed E-state index contributed by atoms with van der Waals surface area (Å²) in [5.41, 5.74) is 1.68. The third-order valence-corrected chi connectivity index (χ3v) is 7.80. The van der Waals surface area contributed by atoms with Gasteiger partial charge in [0.05, 0.1) is 18.0 Å². The minimum absolute atomic E-state index is 0.228. The SMILES string of the molecule is CCCCCCCCCCCCCCCCCCOc1ccc(C(=O)C2C(=O)N(c3ccccc3)N=C2C)cc1. The van der Waals surface area contributed by atoms with Crippen LogP contribution in [0, 0.1) is 5.92 Å². The average Bonchev–Trinajstić information content (AvgIpc) is 3.28. The number of carbonyl (C=O) groups excluding carboxylic acids is 2. The van der Waals surface area contributed by atoms with E-state index in [0.717, 1.165) is 12.2 Å². The third kappa shape index (κ3) is 10.6. The average molecular weight is 547 g/mol. The normalized spacial score (nSPS) is 14.9. The Labute approximate surface area is 242 Å². The summed E-state index contributed by atoms with van der Waals surface area (Å²) < 4.78 is 5.89. The molecular formula is C35H50N2O3. The highest BCUT2D eigenvalue weighted by molar-refractivity contribution is 6.30. The molecule has 1 aliphatic rings. The van der Waals surface area contributed by atoms with E-state index in [-0.39, 0.29) is 11.7 Å². The van der Waals surface area contributed by atoms with E-state index < -0.39 is 5.92 Å². The summed E-state index contributed by atoms with van der Waals surface area (Å²) in [6, 6.07) is 16.3. The first kappa shape index (κ1) is 31.6. The van der Waals surface area contributed by atoms with Crippen molar-refractivity contribution in [3.05, 3.63) is 60.2 Å². The van der Waals surface area contributed by atoms with Crippen LogP contribution >= 0.6 is 0 Å². The zero-order valence-corrected chi connectivity index (χ0v) is 24.9. The number of para-hydroxylation sites is 1. The van der Waals surface area contributed by atoms with E-state index in [1.807, 2.05) is 42.5 Å². The second-order valence-corrected chi connectivity index (χ2v) is 11.2. The minimum atomic E-state index is -0.878. The van der Waals surface area contributed by atoms with Gasteiger partial charge in [0.2, 0.25) is 0 Å². The number of hydrazone groups is 1. The number of benzene rings is 2. The summed E-state index contributed by atoms with van der Waals surface area (Å²) in [5, 5.41) is 5.68. The molecule has 2 aromatic carbocycles. The number of ether oxygens (including phenoxy) is 1. The summed E-state index contributed by atoms with van der Waals surface area (Å²) in [4.78, 5) is 26.1. The summed E-state index contributed by atoms with van der Waals surface area (Å²) in [5.74, 6) is -0.657. The minimum Gasteiger partial charge on any atom is -0.494 e. The number of amides is 1. The molecule has 1 unspecified atom stereocenters. The van der Waals surface area contributed by atoms with Gasteiger partial charge in [0.1, 0.15) is 11.7 Å². The summed E-state index contributed by atoms with van der Waals surface area (Å²) in [6.07, 6.45) is 21.6. The molecule has 5 heteroatoms. The Kier molecular flexibility index (Phi) is 14.5. The van der Waals surface area contributed by atoms with E-state index in [0.29, 0.717) is 23.6 Å². The van der Waals surface area contributed by atoms with Crippen LogP contribution in [-0.2, 0) is 4.79 Å². The van der Waals surface area contributed by atoms with Crippen LogP contribution in [0.1, 0.15) is 127 Å². The van der Waals surface area contributed by atoms with Crippen LogP contribution < -0.4 is 9.75 Å². The van der Waals surface area contributed by atoms with Crippen LogP contribution in [0.25, 0.3) is 0 Å². The van der Waals surface area contributed by atoms with Crippen LogP contribution in [0.4, 0.5) is 5.69 Å². The van der Waals surface area contributed by atoms with Gasteiger partial charge >= 0.3 is 0 Å². The first-order valence-electron chi connectivity index (χ1n) is 15.8. The molecule has 0 spiro atoms. The third-order valence-electron chi connectivity index (χ3n) is 7.80. The second-order valence-electron chi connectivity index (χ2n) is 11.2. The first-order chi connectivity index (χ1) is 19.6. The number of hydrogen-bond acceptors (Lipinski definition) is 4. The van der Waals surface area contributed by atoms with Gasteiger partial charge in [-0.1, -0.05) is 121 Å². The molecule has 3 rings (SSSR count). The lowest BCUT2D eigenvalue weighted by molar-refractivity contribution is -0.118. The van der Waals surface area contributed by atoms with Gasteiger partial charge in [-0.2, -0.15) is 10.1 Å². The number of hydrogen-bond donors (Lipinski definition) is 0. The molecule has 1 heterocycles. The molecule has 0 bridgehead atoms. The van der Waals surface area contributed by atoms with Crippen molar-refractivity contribution in [2.24, 2.45) is 11.0 Å². The molecule has 5 nitrogen and oxygen atoms in total. The lowest BCUT2D eigenvalue weighted by Gasteiger charge is -2.14. The smallest absolute Gasteiger partial charge is 0.264 e. The van der Waals surface area contributed by atoms with Gasteiger partial charge in [-0.15, -0.1) is 0 Å². The van der Waals surface area contributed by atoms with Crippen molar-refractivity contribution < 1.29 is 14.3 Å². The molecule has 0 saturated carbocycles. The Morgan fingerprint density at radius 2 is 1.23 bits per heavy atom. The van der Waals surface area contributed by atoms with Crippen LogP contribution in [0.5, 0.6) is 5.75 Å². The largest absolute Gasteiger partial charge is 0.494 e. The number of anilines is 1. The predicted octanol–water partition coefficient (Wildman–Crippen LogP) is 9.55. The van der Waals surface area contributed by atoms with Gasteiger partial charge in [0.25, 0.3) is 5.91 Å². The molecule has 0 aliphatic carbocycles. The van der Waals surface area contributed by atoms with Crippen molar-refractivity contribution >= 4 is 23.1 Å². The Morgan fingerprint density at radius 3 is 1.75 bits per heavy atom. The molecule has 1 amide bonds. The van der Waals surface area contributed by atoms with E-state index in [4.69, 9.17) is 4.74 Å². The zero-order valence-electron chi connectivity index (χ0n) is 24.9. The summed E-state index contributed by atoms with van der Waals surface area (Å²) in [6.45, 7) is 4.70. The number of ketones is 1. The quantitative estimate of drug-likeness (QED) is 0.0890. The van der Waals surface area contributed by atoms with Crippen molar-refractivity contribution in [1.82, 2.24) is 0 Å². The molecule has 0 saturated heterocycles. The van der Waals surface area contributed by atoms with E-state index in [9.17, 15) is 9.59 Å². The van der Waals surface area contributed by atoms with Gasteiger partial charge in [-0.25, -0.2) is 0 Å². The molecule has 0 radical (unpaired) electrons. The molecule has 0 aromatic heterocycles. The number of unbranched alkanes of at least 4 members (excludes halogenated alkanes) is 15. The summed E-state index contributed by atoms with van der Waals surface area (Å²) >= 11 is 0. The second kappa shape index (κ2) is 18.4. The van der Waals surface area contributed by atoms with Gasteiger partial charge < -0.3 is 4.74 Å². The number of carbonyl (C=O) groups is 2. The molecule has 0 fully saturated rings. The van der Waals surface area contributed by atoms with Crippen molar-refractivity contribution in [2.75, 3.05) is 11.6 Å². The molecule has 218 valence electrons. The van der Waals surface area contributed by atoms with Crippen molar-refractivity contribution in [1.29, 1.82) is 0 Å². The fraction of sp³-hybridized carbons (Fsp3) is 0.571. The lowest BCUT2D eigenvalue weighted by Crippen LogP contribution is -2.32. The molecule has 1 atom stereocenters. The van der Waals surface area contributed by atoms with Crippen molar-refractivity contribution in [2.45, 2.75) is 117 Å². The standard InChI is InChI=1S/C35H50N2O3/c1-3-4-5-6-7-8-9-10-11-12-13-14-15-16-17-21-28-40-32-26-24-30(25-27-32)34(38)33-29(2)36-37(35(33)39)31-22-19-18-20-23-31/h18-20,22-27,33H,3-17,21,28H2,1-2H3. The molecule has 0 N–H and O–H groups in total. The molecule has 1 aliphatic heterocycles. The maximum absolute atomic E-state index is 13.1. The number of nitrogens with zero attached hydrogens (tertiary/aromatic N) is 2. The first-order valence-corrected chi connectivity index (χ1v) is 15.8. The van der Waals surface area contributed by atoms with Gasteiger partial charge in [-0.05, 0) is 49.7 Å². The van der Waals surface area contributed by atoms with Crippen LogP contribution in [-0.4, -0.2) is 24.0 Å². The maximum Gasteiger partial charge on any atom is 0.264 e.